The van der Waals surface area contributed by atoms with Crippen molar-refractivity contribution in [2.75, 3.05) is 25.1 Å². The number of halogens is 1. The fraction of sp³-hybridized carbons (Fsp3) is 0.222. The summed E-state index contributed by atoms with van der Waals surface area (Å²) in [4.78, 5) is 28.9. The largest absolute Gasteiger partial charge is 0.394 e. The number of aromatic nitrogens is 1. The molecule has 8 nitrogen and oxygen atoms in total. The second kappa shape index (κ2) is 9.49. The van der Waals surface area contributed by atoms with Crippen molar-refractivity contribution in [3.05, 3.63) is 57.8 Å². The van der Waals surface area contributed by atoms with Crippen molar-refractivity contribution in [1.29, 1.82) is 0 Å². The van der Waals surface area contributed by atoms with Gasteiger partial charge in [-0.1, -0.05) is 11.8 Å². The predicted octanol–water partition coefficient (Wildman–Crippen LogP) is 0.266. The quantitative estimate of drug-likeness (QED) is 0.327. The number of aliphatic hydroxyl groups excluding tert-OH is 2. The molecular formula is C18H18FN3O5. The predicted molar refractivity (Wildman–Crippen MR) is 95.8 cm³/mol. The molecule has 0 atom stereocenters. The highest BCUT2D eigenvalue weighted by atomic mass is 19.1. The van der Waals surface area contributed by atoms with Gasteiger partial charge in [-0.3, -0.25) is 14.4 Å². The van der Waals surface area contributed by atoms with E-state index in [1.54, 1.807) is 0 Å². The van der Waals surface area contributed by atoms with Gasteiger partial charge in [0, 0.05) is 24.9 Å². The van der Waals surface area contributed by atoms with E-state index in [9.17, 15) is 14.0 Å². The summed E-state index contributed by atoms with van der Waals surface area (Å²) in [7, 11) is 1.46. The lowest BCUT2D eigenvalue weighted by Crippen LogP contribution is -2.28. The van der Waals surface area contributed by atoms with Crippen molar-refractivity contribution in [2.45, 2.75) is 0 Å². The third kappa shape index (κ3) is 5.39. The van der Waals surface area contributed by atoms with E-state index in [4.69, 9.17) is 15.1 Å². The molecule has 4 N–H and O–H groups in total. The lowest BCUT2D eigenvalue weighted by Gasteiger charge is -2.14. The minimum atomic E-state index is -0.674. The minimum absolute atomic E-state index is 0.0307. The molecule has 0 unspecified atom stereocenters. The van der Waals surface area contributed by atoms with E-state index in [1.165, 1.54) is 29.9 Å². The van der Waals surface area contributed by atoms with Gasteiger partial charge >= 0.3 is 0 Å². The molecule has 142 valence electrons. The van der Waals surface area contributed by atoms with Crippen LogP contribution in [0.15, 0.2) is 35.3 Å². The van der Waals surface area contributed by atoms with E-state index in [1.807, 2.05) is 0 Å². The Hall–Kier alpha value is -3.19. The first-order valence-electron chi connectivity index (χ1n) is 7.86. The van der Waals surface area contributed by atoms with Gasteiger partial charge in [-0.2, -0.15) is 0 Å². The molecule has 1 aromatic heterocycles. The van der Waals surface area contributed by atoms with E-state index in [0.717, 1.165) is 12.1 Å². The van der Waals surface area contributed by atoms with Crippen LogP contribution in [-0.4, -0.2) is 40.5 Å². The standard InChI is InChI=1S/C18H18FN3O5/c1-22-11-13(18(26)21-27-8-7-24)16(10-17(22)25)20-15-5-4-12(3-2-6-23)9-14(15)19/h4-5,9-11,20,23-24H,6-8H2,1H3,(H,21,26). The molecule has 9 heteroatoms. The van der Waals surface area contributed by atoms with Crippen LogP contribution < -0.4 is 16.4 Å². The van der Waals surface area contributed by atoms with Gasteiger partial charge in [-0.15, -0.1) is 0 Å². The number of carbonyl (C=O) groups excluding carboxylic acids is 1. The van der Waals surface area contributed by atoms with Gasteiger partial charge in [0.2, 0.25) is 0 Å². The summed E-state index contributed by atoms with van der Waals surface area (Å²) >= 11 is 0. The molecule has 0 aliphatic heterocycles. The van der Waals surface area contributed by atoms with E-state index >= 15 is 0 Å². The Labute approximate surface area is 154 Å². The van der Waals surface area contributed by atoms with Crippen LogP contribution in [0.2, 0.25) is 0 Å². The number of aliphatic hydroxyl groups is 2. The first-order valence-corrected chi connectivity index (χ1v) is 7.86. The van der Waals surface area contributed by atoms with Crippen molar-refractivity contribution < 1.29 is 24.2 Å². The highest BCUT2D eigenvalue weighted by Crippen LogP contribution is 2.23. The Balaban J connectivity index is 2.33. The number of hydroxylamine groups is 1. The number of nitrogens with zero attached hydrogens (tertiary/aromatic N) is 1. The SMILES string of the molecule is Cn1cc(C(=O)NOCCO)c(Nc2ccc(C#CCO)cc2F)cc1=O. The maximum atomic E-state index is 14.3. The zero-order chi connectivity index (χ0) is 19.8. The number of rotatable bonds is 6. The Bertz CT molecular complexity index is 946. The number of carbonyl (C=O) groups is 1. The Morgan fingerprint density at radius 2 is 2.07 bits per heavy atom. The number of benzene rings is 1. The maximum absolute atomic E-state index is 14.3. The summed E-state index contributed by atoms with van der Waals surface area (Å²) in [5, 5.41) is 20.1. The molecule has 1 heterocycles. The zero-order valence-electron chi connectivity index (χ0n) is 14.5. The number of hydrogen-bond acceptors (Lipinski definition) is 6. The molecule has 2 rings (SSSR count). The summed E-state index contributed by atoms with van der Waals surface area (Å²) in [6.07, 6.45) is 1.28. The van der Waals surface area contributed by atoms with Crippen molar-refractivity contribution in [3.63, 3.8) is 0 Å². The number of pyridine rings is 1. The highest BCUT2D eigenvalue weighted by Gasteiger charge is 2.15. The molecule has 0 fully saturated rings. The smallest absolute Gasteiger partial charge is 0.278 e. The third-order valence-corrected chi connectivity index (χ3v) is 3.38. The second-order valence-electron chi connectivity index (χ2n) is 5.33. The minimum Gasteiger partial charge on any atom is -0.394 e. The fourth-order valence-electron chi connectivity index (χ4n) is 2.11. The summed E-state index contributed by atoms with van der Waals surface area (Å²) in [5.74, 6) is 3.67. The van der Waals surface area contributed by atoms with E-state index in [-0.39, 0.29) is 36.8 Å². The third-order valence-electron chi connectivity index (χ3n) is 3.38. The van der Waals surface area contributed by atoms with Crippen molar-refractivity contribution >= 4 is 17.3 Å². The van der Waals surface area contributed by atoms with Crippen molar-refractivity contribution in [3.8, 4) is 11.8 Å². The molecular weight excluding hydrogens is 357 g/mol. The van der Waals surface area contributed by atoms with Crippen LogP contribution in [0.4, 0.5) is 15.8 Å². The van der Waals surface area contributed by atoms with E-state index in [2.05, 4.69) is 22.6 Å². The first kappa shape index (κ1) is 20.1. The fourth-order valence-corrected chi connectivity index (χ4v) is 2.11. The number of nitrogens with one attached hydrogen (secondary N) is 2. The lowest BCUT2D eigenvalue weighted by atomic mass is 10.1. The molecule has 2 aromatic rings. The molecule has 0 aliphatic rings. The maximum Gasteiger partial charge on any atom is 0.278 e. The van der Waals surface area contributed by atoms with Gasteiger partial charge in [-0.05, 0) is 18.2 Å². The number of amides is 1. The second-order valence-corrected chi connectivity index (χ2v) is 5.33. The van der Waals surface area contributed by atoms with Crippen LogP contribution in [0.3, 0.4) is 0 Å². The zero-order valence-corrected chi connectivity index (χ0v) is 14.5. The topological polar surface area (TPSA) is 113 Å². The van der Waals surface area contributed by atoms with Crippen molar-refractivity contribution in [1.82, 2.24) is 10.0 Å². The Kier molecular flexibility index (Phi) is 7.08. The first-order chi connectivity index (χ1) is 13.0. The van der Waals surface area contributed by atoms with Gasteiger partial charge in [-0.25, -0.2) is 9.87 Å². The van der Waals surface area contributed by atoms with Gasteiger partial charge in [0.25, 0.3) is 11.5 Å². The van der Waals surface area contributed by atoms with Crippen LogP contribution in [0.5, 0.6) is 0 Å². The van der Waals surface area contributed by atoms with Crippen LogP contribution in [-0.2, 0) is 11.9 Å². The number of hydrogen-bond donors (Lipinski definition) is 4. The number of anilines is 2. The monoisotopic (exact) mass is 375 g/mol. The summed E-state index contributed by atoms with van der Waals surface area (Å²) < 4.78 is 15.5. The van der Waals surface area contributed by atoms with Crippen LogP contribution in [0.1, 0.15) is 15.9 Å². The summed E-state index contributed by atoms with van der Waals surface area (Å²) in [6, 6.07) is 5.24. The van der Waals surface area contributed by atoms with Crippen LogP contribution in [0, 0.1) is 17.7 Å². The van der Waals surface area contributed by atoms with Gasteiger partial charge in [0.15, 0.2) is 0 Å². The number of aryl methyl sites for hydroxylation is 1. The van der Waals surface area contributed by atoms with E-state index in [0.29, 0.717) is 5.56 Å². The highest BCUT2D eigenvalue weighted by molar-refractivity contribution is 5.99. The summed E-state index contributed by atoms with van der Waals surface area (Å²) in [5.41, 5.74) is 2.24. The average molecular weight is 375 g/mol. The van der Waals surface area contributed by atoms with Crippen LogP contribution >= 0.6 is 0 Å². The molecule has 1 amide bonds. The Morgan fingerprint density at radius 3 is 2.74 bits per heavy atom. The average Bonchev–Trinajstić information content (AvgIpc) is 2.64. The molecule has 0 spiro atoms. The molecule has 0 radical (unpaired) electrons. The lowest BCUT2D eigenvalue weighted by molar-refractivity contribution is 0.0168. The molecule has 0 saturated carbocycles. The molecule has 0 aliphatic carbocycles. The van der Waals surface area contributed by atoms with Crippen LogP contribution in [0.25, 0.3) is 0 Å². The normalized spacial score (nSPS) is 10.1. The molecule has 0 bridgehead atoms. The molecule has 1 aromatic carbocycles. The summed E-state index contributed by atoms with van der Waals surface area (Å²) in [6.45, 7) is -0.730. The molecule has 27 heavy (non-hydrogen) atoms. The van der Waals surface area contributed by atoms with Gasteiger partial charge < -0.3 is 20.1 Å². The van der Waals surface area contributed by atoms with Crippen molar-refractivity contribution in [2.24, 2.45) is 7.05 Å². The van der Waals surface area contributed by atoms with E-state index < -0.39 is 17.3 Å². The van der Waals surface area contributed by atoms with Gasteiger partial charge in [0.1, 0.15) is 12.4 Å². The molecule has 0 saturated heterocycles. The Morgan fingerprint density at radius 1 is 1.30 bits per heavy atom. The van der Waals surface area contributed by atoms with Gasteiger partial charge in [0.05, 0.1) is 30.2 Å².